The Hall–Kier alpha value is -2.55. The van der Waals surface area contributed by atoms with Crippen LogP contribution >= 0.6 is 0 Å². The molecule has 0 radical (unpaired) electrons. The minimum Gasteiger partial charge on any atom is -0.492 e. The third-order valence-corrected chi connectivity index (χ3v) is 7.58. The molecule has 0 atom stereocenters. The van der Waals surface area contributed by atoms with Gasteiger partial charge in [0.25, 0.3) is 0 Å². The van der Waals surface area contributed by atoms with Crippen LogP contribution in [0.25, 0.3) is 16.7 Å². The molecule has 0 saturated heterocycles. The van der Waals surface area contributed by atoms with E-state index in [0.29, 0.717) is 17.9 Å². The number of carboxylic acid groups (broad SMARTS) is 1. The number of rotatable bonds is 10. The molecular weight excluding hydrogens is 420 g/mol. The zero-order valence-electron chi connectivity index (χ0n) is 22.0. The fraction of sp³-hybridized carbons (Fsp3) is 0.516. The van der Waals surface area contributed by atoms with Gasteiger partial charge < -0.3 is 9.84 Å². The summed E-state index contributed by atoms with van der Waals surface area (Å²) in [6.45, 7) is 18.1. The lowest BCUT2D eigenvalue weighted by molar-refractivity contribution is -0.130. The Morgan fingerprint density at radius 1 is 0.971 bits per heavy atom. The fourth-order valence-corrected chi connectivity index (χ4v) is 5.15. The Kier molecular flexibility index (Phi) is 7.95. The van der Waals surface area contributed by atoms with Gasteiger partial charge in [-0.05, 0) is 65.3 Å². The van der Waals surface area contributed by atoms with Gasteiger partial charge in [-0.3, -0.25) is 0 Å². The van der Waals surface area contributed by atoms with E-state index < -0.39 is 5.97 Å². The molecule has 2 aromatic rings. The van der Waals surface area contributed by atoms with E-state index in [4.69, 9.17) is 4.74 Å². The average molecular weight is 463 g/mol. The zero-order valence-corrected chi connectivity index (χ0v) is 22.0. The lowest BCUT2D eigenvalue weighted by Crippen LogP contribution is -2.34. The largest absolute Gasteiger partial charge is 0.492 e. The van der Waals surface area contributed by atoms with E-state index in [-0.39, 0.29) is 16.4 Å². The summed E-state index contributed by atoms with van der Waals surface area (Å²) in [5, 5.41) is 9.67. The SMILES string of the molecule is C=C(C(=O)O)c1cccc(-c2cc3c(cc2C)C(C)(C)CCC3(C)C)c1OCCCCCCC. The van der Waals surface area contributed by atoms with Gasteiger partial charge >= 0.3 is 5.97 Å². The van der Waals surface area contributed by atoms with Crippen LogP contribution in [0.4, 0.5) is 0 Å². The van der Waals surface area contributed by atoms with Crippen molar-refractivity contribution >= 4 is 11.5 Å². The molecule has 1 aliphatic rings. The Morgan fingerprint density at radius 2 is 1.59 bits per heavy atom. The first-order valence-corrected chi connectivity index (χ1v) is 12.8. The number of carboxylic acids is 1. The predicted molar refractivity (Wildman–Crippen MR) is 143 cm³/mol. The summed E-state index contributed by atoms with van der Waals surface area (Å²) in [7, 11) is 0. The van der Waals surface area contributed by atoms with Crippen molar-refractivity contribution in [1.29, 1.82) is 0 Å². The van der Waals surface area contributed by atoms with Crippen LogP contribution < -0.4 is 4.74 Å². The van der Waals surface area contributed by atoms with Crippen molar-refractivity contribution in [1.82, 2.24) is 0 Å². The number of para-hydroxylation sites is 1. The number of aryl methyl sites for hydroxylation is 1. The van der Waals surface area contributed by atoms with Crippen molar-refractivity contribution in [2.75, 3.05) is 6.61 Å². The van der Waals surface area contributed by atoms with E-state index >= 15 is 0 Å². The van der Waals surface area contributed by atoms with E-state index in [9.17, 15) is 9.90 Å². The normalized spacial score (nSPS) is 16.1. The minimum atomic E-state index is -1.02. The number of fused-ring (bicyclic) bond motifs is 1. The Labute approximate surface area is 206 Å². The van der Waals surface area contributed by atoms with Crippen molar-refractivity contribution in [3.63, 3.8) is 0 Å². The molecule has 3 nitrogen and oxygen atoms in total. The summed E-state index contributed by atoms with van der Waals surface area (Å²) in [5.41, 5.74) is 6.94. The van der Waals surface area contributed by atoms with Crippen molar-refractivity contribution in [2.24, 2.45) is 0 Å². The molecule has 0 fully saturated rings. The molecule has 1 N–H and O–H groups in total. The molecule has 0 bridgehead atoms. The van der Waals surface area contributed by atoms with Crippen LogP contribution in [0.3, 0.4) is 0 Å². The van der Waals surface area contributed by atoms with Crippen LogP contribution in [0.1, 0.15) is 102 Å². The Bertz CT molecular complexity index is 1060. The molecule has 0 heterocycles. The highest BCUT2D eigenvalue weighted by Crippen LogP contribution is 2.49. The predicted octanol–water partition coefficient (Wildman–Crippen LogP) is 8.46. The molecule has 0 saturated carbocycles. The van der Waals surface area contributed by atoms with Gasteiger partial charge in [0.2, 0.25) is 0 Å². The molecule has 3 heteroatoms. The van der Waals surface area contributed by atoms with Crippen LogP contribution in [0.2, 0.25) is 0 Å². The molecule has 3 rings (SSSR count). The second-order valence-electron chi connectivity index (χ2n) is 11.2. The van der Waals surface area contributed by atoms with Gasteiger partial charge in [-0.1, -0.05) is 91.1 Å². The van der Waals surface area contributed by atoms with E-state index in [1.807, 2.05) is 12.1 Å². The van der Waals surface area contributed by atoms with E-state index in [0.717, 1.165) is 30.4 Å². The van der Waals surface area contributed by atoms with Gasteiger partial charge in [-0.2, -0.15) is 0 Å². The first kappa shape index (κ1) is 26.1. The van der Waals surface area contributed by atoms with Crippen LogP contribution in [-0.4, -0.2) is 17.7 Å². The molecule has 0 aliphatic heterocycles. The van der Waals surface area contributed by atoms with Crippen LogP contribution in [-0.2, 0) is 15.6 Å². The second-order valence-corrected chi connectivity index (χ2v) is 11.2. The summed E-state index contributed by atoms with van der Waals surface area (Å²) < 4.78 is 6.34. The van der Waals surface area contributed by atoms with E-state index in [1.165, 1.54) is 42.4 Å². The van der Waals surface area contributed by atoms with E-state index in [2.05, 4.69) is 66.3 Å². The molecular formula is C31H42O3. The maximum atomic E-state index is 11.8. The van der Waals surface area contributed by atoms with Crippen molar-refractivity contribution in [2.45, 2.75) is 97.3 Å². The molecule has 184 valence electrons. The summed E-state index contributed by atoms with van der Waals surface area (Å²) >= 11 is 0. The molecule has 34 heavy (non-hydrogen) atoms. The van der Waals surface area contributed by atoms with Gasteiger partial charge in [0.05, 0.1) is 12.2 Å². The number of unbranched alkanes of at least 4 members (excludes halogenated alkanes) is 4. The van der Waals surface area contributed by atoms with Crippen molar-refractivity contribution in [3.05, 3.63) is 59.2 Å². The second kappa shape index (κ2) is 10.4. The summed E-state index contributed by atoms with van der Waals surface area (Å²) in [6.07, 6.45) is 8.03. The smallest absolute Gasteiger partial charge is 0.335 e. The molecule has 2 aromatic carbocycles. The van der Waals surface area contributed by atoms with Gasteiger partial charge in [0.15, 0.2) is 0 Å². The third kappa shape index (κ3) is 5.40. The lowest BCUT2D eigenvalue weighted by atomic mass is 9.62. The van der Waals surface area contributed by atoms with Crippen molar-refractivity contribution < 1.29 is 14.6 Å². The summed E-state index contributed by atoms with van der Waals surface area (Å²) in [5.74, 6) is -0.378. The highest BCUT2D eigenvalue weighted by Gasteiger charge is 2.37. The van der Waals surface area contributed by atoms with Crippen LogP contribution in [0.5, 0.6) is 5.75 Å². The van der Waals surface area contributed by atoms with Gasteiger partial charge in [-0.15, -0.1) is 0 Å². The maximum Gasteiger partial charge on any atom is 0.335 e. The molecule has 0 unspecified atom stereocenters. The van der Waals surface area contributed by atoms with Gasteiger partial charge in [-0.25, -0.2) is 4.79 Å². The molecule has 0 aromatic heterocycles. The molecule has 1 aliphatic carbocycles. The summed E-state index contributed by atoms with van der Waals surface area (Å²) in [4.78, 5) is 11.8. The summed E-state index contributed by atoms with van der Waals surface area (Å²) in [6, 6.07) is 10.5. The first-order chi connectivity index (χ1) is 16.0. The minimum absolute atomic E-state index is 0.0694. The quantitative estimate of drug-likeness (QED) is 0.284. The monoisotopic (exact) mass is 462 g/mol. The van der Waals surface area contributed by atoms with Gasteiger partial charge in [0, 0.05) is 11.1 Å². The van der Waals surface area contributed by atoms with Crippen LogP contribution in [0, 0.1) is 6.92 Å². The Balaban J connectivity index is 2.09. The number of hydrogen-bond donors (Lipinski definition) is 1. The van der Waals surface area contributed by atoms with Gasteiger partial charge in [0.1, 0.15) is 5.75 Å². The highest BCUT2D eigenvalue weighted by atomic mass is 16.5. The number of carbonyl (C=O) groups is 1. The number of hydrogen-bond acceptors (Lipinski definition) is 2. The lowest BCUT2D eigenvalue weighted by Gasteiger charge is -2.42. The average Bonchev–Trinajstić information content (AvgIpc) is 2.78. The number of benzene rings is 2. The standard InChI is InChI=1S/C31H42O3/c1-8-9-10-11-12-18-34-28-23(22(3)29(32)33)14-13-15-24(28)25-20-27-26(19-21(25)2)30(4,5)16-17-31(27,6)7/h13-15,19-20H,3,8-12,16-18H2,1-2,4-7H3,(H,32,33). The number of aliphatic carboxylic acids is 1. The van der Waals surface area contributed by atoms with Crippen molar-refractivity contribution in [3.8, 4) is 16.9 Å². The van der Waals surface area contributed by atoms with Crippen LogP contribution in [0.15, 0.2) is 36.9 Å². The highest BCUT2D eigenvalue weighted by molar-refractivity contribution is 6.15. The molecule has 0 amide bonds. The fourth-order valence-electron chi connectivity index (χ4n) is 5.15. The first-order valence-electron chi connectivity index (χ1n) is 12.8. The zero-order chi connectivity index (χ0) is 25.1. The maximum absolute atomic E-state index is 11.8. The topological polar surface area (TPSA) is 46.5 Å². The number of ether oxygens (including phenoxy) is 1. The Morgan fingerprint density at radius 3 is 2.21 bits per heavy atom. The molecule has 0 spiro atoms. The third-order valence-electron chi connectivity index (χ3n) is 7.58. The van der Waals surface area contributed by atoms with E-state index in [1.54, 1.807) is 0 Å².